The molecule has 0 spiro atoms. The minimum Gasteiger partial charge on any atom is -0.280 e. The summed E-state index contributed by atoms with van der Waals surface area (Å²) < 4.78 is 40.3. The van der Waals surface area contributed by atoms with Crippen molar-refractivity contribution in [3.63, 3.8) is 0 Å². The molecule has 0 heterocycles. The van der Waals surface area contributed by atoms with Gasteiger partial charge in [0.15, 0.2) is 0 Å². The van der Waals surface area contributed by atoms with Gasteiger partial charge >= 0.3 is 0 Å². The normalized spacial score (nSPS) is 11.3. The lowest BCUT2D eigenvalue weighted by Gasteiger charge is -2.10. The van der Waals surface area contributed by atoms with E-state index in [0.717, 1.165) is 6.07 Å². The Bertz CT molecular complexity index is 716. The van der Waals surface area contributed by atoms with E-state index in [2.05, 4.69) is 20.7 Å². The van der Waals surface area contributed by atoms with Crippen LogP contribution in [0.15, 0.2) is 51.8 Å². The Balaban J connectivity index is 2.37. The van der Waals surface area contributed by atoms with Gasteiger partial charge in [-0.2, -0.15) is 0 Å². The topological polar surface area (TPSA) is 46.2 Å². The Morgan fingerprint density at radius 3 is 2.47 bits per heavy atom. The van der Waals surface area contributed by atoms with Crippen LogP contribution in [-0.4, -0.2) is 8.42 Å². The molecule has 0 aliphatic rings. The molecule has 0 fully saturated rings. The Labute approximate surface area is 119 Å². The van der Waals surface area contributed by atoms with Crippen LogP contribution in [0.2, 0.25) is 0 Å². The zero-order valence-corrected chi connectivity index (χ0v) is 12.4. The van der Waals surface area contributed by atoms with Crippen molar-refractivity contribution in [1.82, 2.24) is 0 Å². The van der Waals surface area contributed by atoms with Crippen LogP contribution in [0.1, 0.15) is 5.56 Å². The van der Waals surface area contributed by atoms with Crippen LogP contribution in [0.4, 0.5) is 10.1 Å². The molecule has 2 aromatic rings. The molecule has 0 aliphatic carbocycles. The third kappa shape index (κ3) is 3.13. The molecule has 2 aromatic carbocycles. The monoisotopic (exact) mass is 343 g/mol. The lowest BCUT2D eigenvalue weighted by Crippen LogP contribution is -2.14. The first-order valence-electron chi connectivity index (χ1n) is 5.43. The Kier molecular flexibility index (Phi) is 3.91. The number of benzene rings is 2. The van der Waals surface area contributed by atoms with E-state index in [1.54, 1.807) is 25.1 Å². The van der Waals surface area contributed by atoms with Crippen LogP contribution in [0, 0.1) is 12.7 Å². The van der Waals surface area contributed by atoms with E-state index in [4.69, 9.17) is 0 Å². The molecular weight excluding hydrogens is 333 g/mol. The van der Waals surface area contributed by atoms with E-state index in [0.29, 0.717) is 5.56 Å². The summed E-state index contributed by atoms with van der Waals surface area (Å²) >= 11 is 3.01. The minimum atomic E-state index is -3.71. The molecule has 3 nitrogen and oxygen atoms in total. The third-order valence-electron chi connectivity index (χ3n) is 2.55. The first-order valence-corrected chi connectivity index (χ1v) is 7.71. The van der Waals surface area contributed by atoms with Gasteiger partial charge < -0.3 is 0 Å². The number of aryl methyl sites for hydroxylation is 1. The molecule has 0 saturated heterocycles. The maximum Gasteiger partial charge on any atom is 0.262 e. The van der Waals surface area contributed by atoms with Gasteiger partial charge in [0.1, 0.15) is 5.82 Å². The van der Waals surface area contributed by atoms with Crippen molar-refractivity contribution in [1.29, 1.82) is 0 Å². The smallest absolute Gasteiger partial charge is 0.262 e. The zero-order chi connectivity index (χ0) is 14.0. The molecule has 1 N–H and O–H groups in total. The highest BCUT2D eigenvalue weighted by atomic mass is 79.9. The molecule has 2 rings (SSSR count). The van der Waals surface area contributed by atoms with Crippen molar-refractivity contribution in [3.05, 3.63) is 58.3 Å². The number of hydrogen-bond donors (Lipinski definition) is 1. The molecular formula is C13H11BrFNO2S. The van der Waals surface area contributed by atoms with Crippen molar-refractivity contribution < 1.29 is 12.8 Å². The summed E-state index contributed by atoms with van der Waals surface area (Å²) in [6.45, 7) is 1.71. The first-order chi connectivity index (χ1) is 8.90. The SMILES string of the molecule is Cc1ccccc1S(=O)(=O)Nc1ccc(Br)c(F)c1. The van der Waals surface area contributed by atoms with Crippen LogP contribution in [0.5, 0.6) is 0 Å². The van der Waals surface area contributed by atoms with E-state index < -0.39 is 15.8 Å². The largest absolute Gasteiger partial charge is 0.280 e. The molecule has 19 heavy (non-hydrogen) atoms. The third-order valence-corrected chi connectivity index (χ3v) is 4.74. The van der Waals surface area contributed by atoms with E-state index in [-0.39, 0.29) is 15.1 Å². The molecule has 0 aliphatic heterocycles. The zero-order valence-electron chi connectivity index (χ0n) is 10.0. The van der Waals surface area contributed by atoms with E-state index in [1.165, 1.54) is 18.2 Å². The quantitative estimate of drug-likeness (QED) is 0.923. The van der Waals surface area contributed by atoms with Gasteiger partial charge in [-0.1, -0.05) is 18.2 Å². The van der Waals surface area contributed by atoms with Gasteiger partial charge in [-0.3, -0.25) is 4.72 Å². The van der Waals surface area contributed by atoms with Crippen LogP contribution in [0.3, 0.4) is 0 Å². The van der Waals surface area contributed by atoms with Gasteiger partial charge in [-0.15, -0.1) is 0 Å². The standard InChI is InChI=1S/C13H11BrFNO2S/c1-9-4-2-3-5-13(9)19(17,18)16-10-6-7-11(14)12(15)8-10/h2-8,16H,1H3. The molecule has 6 heteroatoms. The first kappa shape index (κ1) is 14.0. The summed E-state index contributed by atoms with van der Waals surface area (Å²) in [5, 5.41) is 0. The predicted octanol–water partition coefficient (Wildman–Crippen LogP) is 3.70. The van der Waals surface area contributed by atoms with E-state index in [1.807, 2.05) is 0 Å². The molecule has 0 amide bonds. The molecule has 0 radical (unpaired) electrons. The van der Waals surface area contributed by atoms with Crippen LogP contribution >= 0.6 is 15.9 Å². The van der Waals surface area contributed by atoms with Crippen molar-refractivity contribution >= 4 is 31.6 Å². The summed E-state index contributed by atoms with van der Waals surface area (Å²) in [7, 11) is -3.71. The number of hydrogen-bond acceptors (Lipinski definition) is 2. The van der Waals surface area contributed by atoms with Crippen LogP contribution < -0.4 is 4.72 Å². The van der Waals surface area contributed by atoms with Crippen molar-refractivity contribution in [2.75, 3.05) is 4.72 Å². The second-order valence-electron chi connectivity index (χ2n) is 4.00. The lowest BCUT2D eigenvalue weighted by atomic mass is 10.2. The molecule has 0 bridgehead atoms. The van der Waals surface area contributed by atoms with Gasteiger partial charge in [0.2, 0.25) is 0 Å². The van der Waals surface area contributed by atoms with Gasteiger partial charge in [0, 0.05) is 0 Å². The average molecular weight is 344 g/mol. The predicted molar refractivity (Wildman–Crippen MR) is 76.1 cm³/mol. The fraction of sp³-hybridized carbons (Fsp3) is 0.0769. The van der Waals surface area contributed by atoms with Crippen LogP contribution in [0.25, 0.3) is 0 Å². The van der Waals surface area contributed by atoms with Crippen molar-refractivity contribution in [2.45, 2.75) is 11.8 Å². The number of nitrogens with one attached hydrogen (secondary N) is 1. The van der Waals surface area contributed by atoms with E-state index in [9.17, 15) is 12.8 Å². The summed E-state index contributed by atoms with van der Waals surface area (Å²) in [6, 6.07) is 10.7. The molecule has 0 atom stereocenters. The van der Waals surface area contributed by atoms with Gasteiger partial charge in [0.05, 0.1) is 15.1 Å². The highest BCUT2D eigenvalue weighted by Crippen LogP contribution is 2.23. The van der Waals surface area contributed by atoms with Gasteiger partial charge in [0.25, 0.3) is 10.0 Å². The number of rotatable bonds is 3. The number of halogens is 2. The highest BCUT2D eigenvalue weighted by molar-refractivity contribution is 9.10. The summed E-state index contributed by atoms with van der Waals surface area (Å²) in [5.74, 6) is -0.523. The van der Waals surface area contributed by atoms with Crippen molar-refractivity contribution in [3.8, 4) is 0 Å². The molecule has 0 unspecified atom stereocenters. The summed E-state index contributed by atoms with van der Waals surface area (Å²) in [6.07, 6.45) is 0. The van der Waals surface area contributed by atoms with Gasteiger partial charge in [-0.05, 0) is 52.7 Å². The molecule has 0 saturated carbocycles. The molecule has 100 valence electrons. The number of sulfonamides is 1. The van der Waals surface area contributed by atoms with Crippen LogP contribution in [-0.2, 0) is 10.0 Å². The fourth-order valence-electron chi connectivity index (χ4n) is 1.63. The maximum atomic E-state index is 13.4. The lowest BCUT2D eigenvalue weighted by molar-refractivity contribution is 0.600. The maximum absolute atomic E-state index is 13.4. The minimum absolute atomic E-state index is 0.179. The second kappa shape index (κ2) is 5.30. The Morgan fingerprint density at radius 2 is 1.84 bits per heavy atom. The summed E-state index contributed by atoms with van der Waals surface area (Å²) in [5.41, 5.74) is 0.816. The molecule has 0 aromatic heterocycles. The van der Waals surface area contributed by atoms with Gasteiger partial charge in [-0.25, -0.2) is 12.8 Å². The second-order valence-corrected chi connectivity index (χ2v) is 6.51. The van der Waals surface area contributed by atoms with Crippen molar-refractivity contribution in [2.24, 2.45) is 0 Å². The Hall–Kier alpha value is -1.40. The average Bonchev–Trinajstić information content (AvgIpc) is 2.34. The fourth-order valence-corrected chi connectivity index (χ4v) is 3.17. The highest BCUT2D eigenvalue weighted by Gasteiger charge is 2.16. The Morgan fingerprint density at radius 1 is 1.16 bits per heavy atom. The number of anilines is 1. The van der Waals surface area contributed by atoms with E-state index >= 15 is 0 Å². The summed E-state index contributed by atoms with van der Waals surface area (Å²) in [4.78, 5) is 0.179.